The molecule has 0 radical (unpaired) electrons. The van der Waals surface area contributed by atoms with Gasteiger partial charge in [0.2, 0.25) is 0 Å². The summed E-state index contributed by atoms with van der Waals surface area (Å²) in [7, 11) is 0. The van der Waals surface area contributed by atoms with Crippen LogP contribution >= 0.6 is 15.9 Å². The number of halogens is 1. The summed E-state index contributed by atoms with van der Waals surface area (Å²) in [6.45, 7) is 8.17. The maximum atomic E-state index is 4.21. The first-order chi connectivity index (χ1) is 7.65. The lowest BCUT2D eigenvalue weighted by Gasteiger charge is -2.17. The van der Waals surface area contributed by atoms with Gasteiger partial charge in [0.05, 0.1) is 0 Å². The zero-order valence-electron chi connectivity index (χ0n) is 9.99. The van der Waals surface area contributed by atoms with Crippen LogP contribution in [-0.2, 0) is 6.54 Å². The molecular weight excluding hydrogens is 264 g/mol. The first kappa shape index (κ1) is 12.1. The molecule has 0 amide bonds. The van der Waals surface area contributed by atoms with Gasteiger partial charge in [0.25, 0.3) is 0 Å². The summed E-state index contributed by atoms with van der Waals surface area (Å²) in [4.78, 5) is 6.74. The Hall–Kier alpha value is -0.410. The van der Waals surface area contributed by atoms with E-state index in [2.05, 4.69) is 45.7 Å². The molecule has 0 aliphatic carbocycles. The van der Waals surface area contributed by atoms with Gasteiger partial charge in [-0.3, -0.25) is 9.88 Å². The van der Waals surface area contributed by atoms with E-state index in [-0.39, 0.29) is 0 Å². The molecule has 0 saturated carbocycles. The van der Waals surface area contributed by atoms with Crippen molar-refractivity contribution in [3.8, 4) is 0 Å². The van der Waals surface area contributed by atoms with Gasteiger partial charge in [-0.05, 0) is 52.4 Å². The van der Waals surface area contributed by atoms with Gasteiger partial charge in [0, 0.05) is 30.0 Å². The quantitative estimate of drug-likeness (QED) is 0.846. The Morgan fingerprint density at radius 2 is 2.31 bits per heavy atom. The van der Waals surface area contributed by atoms with Crippen LogP contribution in [0.15, 0.2) is 22.9 Å². The molecular formula is C13H19BrN2. The number of nitrogens with zero attached hydrogens (tertiary/aromatic N) is 2. The molecule has 0 N–H and O–H groups in total. The summed E-state index contributed by atoms with van der Waals surface area (Å²) in [5.74, 6) is 1.69. The summed E-state index contributed by atoms with van der Waals surface area (Å²) >= 11 is 3.47. The smallest absolute Gasteiger partial charge is 0.0410 e. The molecule has 1 aliphatic rings. The van der Waals surface area contributed by atoms with Crippen molar-refractivity contribution in [2.24, 2.45) is 11.8 Å². The van der Waals surface area contributed by atoms with E-state index in [1.54, 1.807) is 0 Å². The molecule has 0 aromatic carbocycles. The van der Waals surface area contributed by atoms with Gasteiger partial charge in [-0.2, -0.15) is 0 Å². The highest BCUT2D eigenvalue weighted by Gasteiger charge is 2.24. The van der Waals surface area contributed by atoms with E-state index in [1.807, 2.05) is 12.4 Å². The highest BCUT2D eigenvalue weighted by atomic mass is 79.9. The van der Waals surface area contributed by atoms with E-state index in [1.165, 1.54) is 25.1 Å². The molecule has 1 fully saturated rings. The van der Waals surface area contributed by atoms with Crippen molar-refractivity contribution in [1.29, 1.82) is 0 Å². The van der Waals surface area contributed by atoms with E-state index >= 15 is 0 Å². The molecule has 16 heavy (non-hydrogen) atoms. The largest absolute Gasteiger partial charge is 0.299 e. The molecule has 1 aromatic heterocycles. The maximum Gasteiger partial charge on any atom is 0.0410 e. The number of hydrogen-bond acceptors (Lipinski definition) is 2. The average molecular weight is 283 g/mol. The molecule has 0 bridgehead atoms. The number of hydrogen-bond donors (Lipinski definition) is 0. The van der Waals surface area contributed by atoms with E-state index in [4.69, 9.17) is 0 Å². The zero-order chi connectivity index (χ0) is 11.5. The predicted molar refractivity (Wildman–Crippen MR) is 70.2 cm³/mol. The summed E-state index contributed by atoms with van der Waals surface area (Å²) in [6.07, 6.45) is 5.15. The van der Waals surface area contributed by atoms with E-state index in [9.17, 15) is 0 Å². The molecule has 88 valence electrons. The van der Waals surface area contributed by atoms with Crippen LogP contribution in [0.3, 0.4) is 0 Å². The molecule has 1 atom stereocenters. The van der Waals surface area contributed by atoms with E-state index < -0.39 is 0 Å². The van der Waals surface area contributed by atoms with Crippen LogP contribution in [0.1, 0.15) is 25.8 Å². The van der Waals surface area contributed by atoms with Crippen LogP contribution in [0.2, 0.25) is 0 Å². The van der Waals surface area contributed by atoms with Gasteiger partial charge in [-0.25, -0.2) is 0 Å². The minimum atomic E-state index is 0.811. The Bertz CT molecular complexity index is 352. The van der Waals surface area contributed by atoms with Crippen molar-refractivity contribution >= 4 is 15.9 Å². The predicted octanol–water partition coefficient (Wildman–Crippen LogP) is 3.32. The first-order valence-corrected chi connectivity index (χ1v) is 6.76. The number of likely N-dealkylation sites (tertiary alicyclic amines) is 1. The lowest BCUT2D eigenvalue weighted by atomic mass is 9.95. The number of rotatable bonds is 3. The van der Waals surface area contributed by atoms with Crippen molar-refractivity contribution < 1.29 is 0 Å². The Balaban J connectivity index is 1.92. The second-order valence-corrected chi connectivity index (χ2v) is 5.95. The van der Waals surface area contributed by atoms with Crippen LogP contribution in [0, 0.1) is 11.8 Å². The Morgan fingerprint density at radius 3 is 2.94 bits per heavy atom. The van der Waals surface area contributed by atoms with E-state index in [0.29, 0.717) is 0 Å². The van der Waals surface area contributed by atoms with Crippen molar-refractivity contribution in [2.75, 3.05) is 13.1 Å². The van der Waals surface area contributed by atoms with Gasteiger partial charge in [0.1, 0.15) is 0 Å². The molecule has 1 unspecified atom stereocenters. The van der Waals surface area contributed by atoms with Crippen LogP contribution in [-0.4, -0.2) is 23.0 Å². The van der Waals surface area contributed by atoms with Crippen molar-refractivity contribution in [3.63, 3.8) is 0 Å². The second-order valence-electron chi connectivity index (χ2n) is 5.04. The Kier molecular flexibility index (Phi) is 3.98. The average Bonchev–Trinajstić information content (AvgIpc) is 2.66. The van der Waals surface area contributed by atoms with Gasteiger partial charge in [-0.1, -0.05) is 13.8 Å². The highest BCUT2D eigenvalue weighted by molar-refractivity contribution is 9.10. The summed E-state index contributed by atoms with van der Waals surface area (Å²) in [5, 5.41) is 0. The lowest BCUT2D eigenvalue weighted by molar-refractivity contribution is 0.296. The summed E-state index contributed by atoms with van der Waals surface area (Å²) in [6, 6.07) is 2.16. The topological polar surface area (TPSA) is 16.1 Å². The molecule has 2 heterocycles. The molecule has 2 nitrogen and oxygen atoms in total. The molecule has 1 aromatic rings. The SMILES string of the molecule is CC(C)C1CCN(Cc2cncc(Br)c2)C1. The van der Waals surface area contributed by atoms with Crippen LogP contribution in [0.4, 0.5) is 0 Å². The molecule has 3 heteroatoms. The van der Waals surface area contributed by atoms with Crippen LogP contribution in [0.5, 0.6) is 0 Å². The third kappa shape index (κ3) is 3.05. The van der Waals surface area contributed by atoms with Crippen molar-refractivity contribution in [3.05, 3.63) is 28.5 Å². The standard InChI is InChI=1S/C13H19BrN2/c1-10(2)12-3-4-16(9-12)8-11-5-13(14)7-15-6-11/h5-7,10,12H,3-4,8-9H2,1-2H3. The Morgan fingerprint density at radius 1 is 1.50 bits per heavy atom. The van der Waals surface area contributed by atoms with Crippen LogP contribution < -0.4 is 0 Å². The highest BCUT2D eigenvalue weighted by Crippen LogP contribution is 2.25. The molecule has 1 saturated heterocycles. The Labute approximate surface area is 106 Å². The fourth-order valence-corrected chi connectivity index (χ4v) is 2.76. The minimum Gasteiger partial charge on any atom is -0.299 e. The normalized spacial score (nSPS) is 21.9. The molecule has 2 rings (SSSR count). The third-order valence-corrected chi connectivity index (χ3v) is 3.85. The van der Waals surface area contributed by atoms with Gasteiger partial charge < -0.3 is 0 Å². The molecule has 1 aliphatic heterocycles. The minimum absolute atomic E-state index is 0.811. The second kappa shape index (κ2) is 5.28. The van der Waals surface area contributed by atoms with Crippen LogP contribution in [0.25, 0.3) is 0 Å². The fraction of sp³-hybridized carbons (Fsp3) is 0.615. The van der Waals surface area contributed by atoms with Gasteiger partial charge >= 0.3 is 0 Å². The number of pyridine rings is 1. The van der Waals surface area contributed by atoms with Crippen molar-refractivity contribution in [2.45, 2.75) is 26.8 Å². The summed E-state index contributed by atoms with van der Waals surface area (Å²) < 4.78 is 1.07. The van der Waals surface area contributed by atoms with Crippen molar-refractivity contribution in [1.82, 2.24) is 9.88 Å². The van der Waals surface area contributed by atoms with Gasteiger partial charge in [0.15, 0.2) is 0 Å². The monoisotopic (exact) mass is 282 g/mol. The van der Waals surface area contributed by atoms with E-state index in [0.717, 1.165) is 22.9 Å². The summed E-state index contributed by atoms with van der Waals surface area (Å²) in [5.41, 5.74) is 1.30. The maximum absolute atomic E-state index is 4.21. The lowest BCUT2D eigenvalue weighted by Crippen LogP contribution is -2.21. The first-order valence-electron chi connectivity index (χ1n) is 5.97. The van der Waals surface area contributed by atoms with Gasteiger partial charge in [-0.15, -0.1) is 0 Å². The molecule has 0 spiro atoms. The zero-order valence-corrected chi connectivity index (χ0v) is 11.6. The number of aromatic nitrogens is 1. The third-order valence-electron chi connectivity index (χ3n) is 3.42. The fourth-order valence-electron chi connectivity index (χ4n) is 2.35.